The summed E-state index contributed by atoms with van der Waals surface area (Å²) in [6.45, 7) is 18.0. The van der Waals surface area contributed by atoms with Gasteiger partial charge in [0, 0.05) is 19.6 Å². The Morgan fingerprint density at radius 2 is 0.765 bits per heavy atom. The molecule has 0 aliphatic rings. The van der Waals surface area contributed by atoms with Gasteiger partial charge in [0.05, 0.1) is 0 Å². The predicted molar refractivity (Wildman–Crippen MR) is 156 cm³/mol. The maximum Gasteiger partial charge on any atom is 0.0238 e. The maximum absolute atomic E-state index is 3.80. The van der Waals surface area contributed by atoms with Crippen molar-refractivity contribution in [3.05, 3.63) is 18.4 Å². The first kappa shape index (κ1) is 33.4. The van der Waals surface area contributed by atoms with Gasteiger partial charge < -0.3 is 4.90 Å². The molecule has 0 radical (unpaired) electrons. The van der Waals surface area contributed by atoms with Crippen LogP contribution in [0, 0.1) is 0 Å². The monoisotopic (exact) mass is 477 g/mol. The van der Waals surface area contributed by atoms with E-state index < -0.39 is 0 Å². The van der Waals surface area contributed by atoms with Gasteiger partial charge in [-0.2, -0.15) is 0 Å². The van der Waals surface area contributed by atoms with Crippen LogP contribution in [0.1, 0.15) is 149 Å². The predicted octanol–water partition coefficient (Wildman–Crippen LogP) is 9.79. The van der Waals surface area contributed by atoms with E-state index in [-0.39, 0.29) is 0 Å². The summed E-state index contributed by atoms with van der Waals surface area (Å²) in [4.78, 5) is 5.42. The highest BCUT2D eigenvalue weighted by molar-refractivity contribution is 4.80. The first-order valence-electron chi connectivity index (χ1n) is 15.6. The van der Waals surface area contributed by atoms with Crippen LogP contribution in [0.3, 0.4) is 0 Å². The standard InChI is InChI=1S/C32H64N2/c1-5-9-13-16-19-22-25-28-33(27-12-8-4)31-32-34(29-24-21-18-15-11-7-3)30-26-23-20-17-14-10-6-2/h12H,4-7,9-11,13-32H2,1-3H3. The van der Waals surface area contributed by atoms with Crippen LogP contribution in [0.5, 0.6) is 0 Å². The Kier molecular flexibility index (Phi) is 28.2. The van der Waals surface area contributed by atoms with Gasteiger partial charge in [-0.25, -0.2) is 0 Å². The summed E-state index contributed by atoms with van der Waals surface area (Å²) >= 11 is 0. The molecule has 0 unspecified atom stereocenters. The number of hydrogen-bond acceptors (Lipinski definition) is 2. The van der Waals surface area contributed by atoms with Crippen LogP contribution in [-0.4, -0.2) is 49.1 Å². The van der Waals surface area contributed by atoms with Crippen molar-refractivity contribution in [1.82, 2.24) is 9.80 Å². The number of rotatable bonds is 28. The summed E-state index contributed by atoms with van der Waals surface area (Å²) in [6, 6.07) is 0. The Morgan fingerprint density at radius 3 is 1.15 bits per heavy atom. The molecule has 0 rings (SSSR count). The second kappa shape index (κ2) is 28.7. The van der Waals surface area contributed by atoms with Gasteiger partial charge in [0.15, 0.2) is 0 Å². The van der Waals surface area contributed by atoms with Crippen molar-refractivity contribution >= 4 is 0 Å². The Labute approximate surface area is 216 Å². The lowest BCUT2D eigenvalue weighted by atomic mass is 10.1. The molecule has 0 aliphatic carbocycles. The van der Waals surface area contributed by atoms with E-state index in [1.54, 1.807) is 0 Å². The van der Waals surface area contributed by atoms with Crippen LogP contribution < -0.4 is 0 Å². The molecule has 34 heavy (non-hydrogen) atoms. The summed E-state index contributed by atoms with van der Waals surface area (Å²) < 4.78 is 0. The molecule has 0 N–H and O–H groups in total. The molecular weight excluding hydrogens is 412 g/mol. The quantitative estimate of drug-likeness (QED) is 0.0818. The summed E-state index contributed by atoms with van der Waals surface area (Å²) in [5.41, 5.74) is 3.00. The fourth-order valence-electron chi connectivity index (χ4n) is 4.81. The first-order chi connectivity index (χ1) is 16.8. The van der Waals surface area contributed by atoms with Gasteiger partial charge in [-0.3, -0.25) is 4.90 Å². The van der Waals surface area contributed by atoms with E-state index >= 15 is 0 Å². The second-order valence-corrected chi connectivity index (χ2v) is 10.6. The molecule has 0 saturated carbocycles. The third-order valence-electron chi connectivity index (χ3n) is 7.21. The largest absolute Gasteiger partial charge is 0.302 e. The molecule has 202 valence electrons. The lowest BCUT2D eigenvalue weighted by molar-refractivity contribution is 0.205. The van der Waals surface area contributed by atoms with Crippen LogP contribution >= 0.6 is 0 Å². The lowest BCUT2D eigenvalue weighted by Gasteiger charge is -2.27. The lowest BCUT2D eigenvalue weighted by Crippen LogP contribution is -2.37. The van der Waals surface area contributed by atoms with Crippen molar-refractivity contribution in [2.75, 3.05) is 39.3 Å². The highest BCUT2D eigenvalue weighted by Gasteiger charge is 2.09. The topological polar surface area (TPSA) is 6.48 Å². The molecule has 0 amide bonds. The zero-order chi connectivity index (χ0) is 25.0. The molecule has 0 spiro atoms. The van der Waals surface area contributed by atoms with Gasteiger partial charge in [-0.05, 0) is 45.0 Å². The average molecular weight is 477 g/mol. The number of unbranched alkanes of at least 4 members (excludes halogenated alkanes) is 17. The van der Waals surface area contributed by atoms with Gasteiger partial charge in [-0.15, -0.1) is 5.73 Å². The van der Waals surface area contributed by atoms with E-state index in [1.807, 2.05) is 0 Å². The molecule has 0 atom stereocenters. The van der Waals surface area contributed by atoms with Gasteiger partial charge in [0.25, 0.3) is 0 Å². The molecule has 2 nitrogen and oxygen atoms in total. The van der Waals surface area contributed by atoms with Gasteiger partial charge in [0.2, 0.25) is 0 Å². The van der Waals surface area contributed by atoms with E-state index in [1.165, 1.54) is 161 Å². The van der Waals surface area contributed by atoms with Crippen LogP contribution in [0.25, 0.3) is 0 Å². The van der Waals surface area contributed by atoms with Crippen LogP contribution in [0.15, 0.2) is 18.4 Å². The SMILES string of the molecule is C=C=CCN(CCCCCCCCC)CCN(CCCCCCCC)CCCCCCCCC. The normalized spacial score (nSPS) is 11.4. The molecular formula is C32H64N2. The van der Waals surface area contributed by atoms with Gasteiger partial charge >= 0.3 is 0 Å². The van der Waals surface area contributed by atoms with Crippen LogP contribution in [-0.2, 0) is 0 Å². The van der Waals surface area contributed by atoms with E-state index in [0.29, 0.717) is 0 Å². The summed E-state index contributed by atoms with van der Waals surface area (Å²) in [5, 5.41) is 0. The Balaban J connectivity index is 4.36. The minimum absolute atomic E-state index is 1.02. The Hall–Kier alpha value is -0.560. The molecule has 0 aromatic heterocycles. The van der Waals surface area contributed by atoms with Crippen molar-refractivity contribution in [2.24, 2.45) is 0 Å². The van der Waals surface area contributed by atoms with Crippen molar-refractivity contribution in [3.63, 3.8) is 0 Å². The molecule has 2 heteroatoms. The number of hydrogen-bond donors (Lipinski definition) is 0. The maximum atomic E-state index is 3.80. The summed E-state index contributed by atoms with van der Waals surface area (Å²) in [6.07, 6.45) is 30.1. The van der Waals surface area contributed by atoms with E-state index in [4.69, 9.17) is 0 Å². The molecule has 0 aromatic carbocycles. The van der Waals surface area contributed by atoms with Crippen molar-refractivity contribution in [3.8, 4) is 0 Å². The fraction of sp³-hybridized carbons (Fsp3) is 0.906. The van der Waals surface area contributed by atoms with Crippen LogP contribution in [0.4, 0.5) is 0 Å². The molecule has 0 bridgehead atoms. The smallest absolute Gasteiger partial charge is 0.0238 e. The first-order valence-corrected chi connectivity index (χ1v) is 15.6. The second-order valence-electron chi connectivity index (χ2n) is 10.6. The third-order valence-corrected chi connectivity index (χ3v) is 7.21. The summed E-state index contributed by atoms with van der Waals surface area (Å²) in [7, 11) is 0. The fourth-order valence-corrected chi connectivity index (χ4v) is 4.81. The molecule has 0 aliphatic heterocycles. The van der Waals surface area contributed by atoms with Crippen molar-refractivity contribution in [1.29, 1.82) is 0 Å². The van der Waals surface area contributed by atoms with E-state index in [0.717, 1.165) is 6.54 Å². The molecule has 0 heterocycles. The zero-order valence-electron chi connectivity index (χ0n) is 24.1. The summed E-state index contributed by atoms with van der Waals surface area (Å²) in [5.74, 6) is 0. The minimum atomic E-state index is 1.02. The average Bonchev–Trinajstić information content (AvgIpc) is 2.85. The highest BCUT2D eigenvalue weighted by Crippen LogP contribution is 2.11. The van der Waals surface area contributed by atoms with E-state index in [9.17, 15) is 0 Å². The zero-order valence-corrected chi connectivity index (χ0v) is 24.1. The molecule has 0 fully saturated rings. The van der Waals surface area contributed by atoms with Gasteiger partial charge in [-0.1, -0.05) is 137 Å². The van der Waals surface area contributed by atoms with E-state index in [2.05, 4.69) is 49.0 Å². The Bertz CT molecular complexity index is 427. The minimum Gasteiger partial charge on any atom is -0.302 e. The third kappa shape index (κ3) is 24.6. The highest BCUT2D eigenvalue weighted by atomic mass is 15.2. The van der Waals surface area contributed by atoms with Crippen molar-refractivity contribution < 1.29 is 0 Å². The number of nitrogens with zero attached hydrogens (tertiary/aromatic N) is 2. The molecule has 0 aromatic rings. The van der Waals surface area contributed by atoms with Crippen LogP contribution in [0.2, 0.25) is 0 Å². The van der Waals surface area contributed by atoms with Gasteiger partial charge in [0.1, 0.15) is 0 Å². The van der Waals surface area contributed by atoms with Crippen molar-refractivity contribution in [2.45, 2.75) is 149 Å². The molecule has 0 saturated heterocycles. The Morgan fingerprint density at radius 1 is 0.441 bits per heavy atom.